The molecule has 0 aromatic heterocycles. The first-order valence-electron chi connectivity index (χ1n) is 9.98. The van der Waals surface area contributed by atoms with Gasteiger partial charge < -0.3 is 20.1 Å². The molecule has 6 heteroatoms. The Bertz CT molecular complexity index is 891. The van der Waals surface area contributed by atoms with Gasteiger partial charge in [0.15, 0.2) is 11.5 Å². The average molecular weight is 411 g/mol. The molecule has 0 fully saturated rings. The highest BCUT2D eigenvalue weighted by molar-refractivity contribution is 5.94. The lowest BCUT2D eigenvalue weighted by atomic mass is 10.0. The first kappa shape index (κ1) is 23.0. The molecule has 0 radical (unpaired) electrons. The number of carbonyl (C=O) groups excluding carboxylic acids is 2. The van der Waals surface area contributed by atoms with Gasteiger partial charge in [-0.05, 0) is 36.6 Å². The Morgan fingerprint density at radius 2 is 1.80 bits per heavy atom. The molecule has 30 heavy (non-hydrogen) atoms. The average Bonchev–Trinajstić information content (AvgIpc) is 2.75. The molecule has 0 saturated carbocycles. The van der Waals surface area contributed by atoms with Crippen LogP contribution in [0.3, 0.4) is 0 Å². The van der Waals surface area contributed by atoms with Crippen LogP contribution in [0.15, 0.2) is 48.5 Å². The van der Waals surface area contributed by atoms with Crippen LogP contribution >= 0.6 is 0 Å². The van der Waals surface area contributed by atoms with Crippen molar-refractivity contribution in [3.05, 3.63) is 65.2 Å². The maximum atomic E-state index is 12.9. The zero-order valence-corrected chi connectivity index (χ0v) is 18.1. The van der Waals surface area contributed by atoms with Crippen LogP contribution in [0.4, 0.5) is 0 Å². The summed E-state index contributed by atoms with van der Waals surface area (Å²) in [5, 5.41) is 0. The molecule has 0 aliphatic heterocycles. The molecule has 0 aliphatic rings. The van der Waals surface area contributed by atoms with Crippen molar-refractivity contribution in [3.8, 4) is 11.5 Å². The van der Waals surface area contributed by atoms with Gasteiger partial charge in [0.2, 0.25) is 11.8 Å². The number of benzene rings is 2. The lowest BCUT2D eigenvalue weighted by Gasteiger charge is -2.27. The van der Waals surface area contributed by atoms with Gasteiger partial charge in [0.05, 0.1) is 20.3 Å². The van der Waals surface area contributed by atoms with Crippen LogP contribution in [0.2, 0.25) is 0 Å². The van der Waals surface area contributed by atoms with E-state index < -0.39 is 5.91 Å². The molecule has 2 aromatic rings. The largest absolute Gasteiger partial charge is 0.493 e. The third kappa shape index (κ3) is 5.86. The van der Waals surface area contributed by atoms with Gasteiger partial charge in [0.25, 0.3) is 0 Å². The molecule has 6 nitrogen and oxygen atoms in total. The van der Waals surface area contributed by atoms with E-state index in [9.17, 15) is 9.59 Å². The third-order valence-corrected chi connectivity index (χ3v) is 4.92. The maximum absolute atomic E-state index is 12.9. The second-order valence-corrected chi connectivity index (χ2v) is 7.02. The van der Waals surface area contributed by atoms with Gasteiger partial charge in [-0.25, -0.2) is 0 Å². The van der Waals surface area contributed by atoms with Crippen molar-refractivity contribution in [3.63, 3.8) is 0 Å². The van der Waals surface area contributed by atoms with Crippen LogP contribution in [0.1, 0.15) is 43.0 Å². The third-order valence-electron chi connectivity index (χ3n) is 4.92. The van der Waals surface area contributed by atoms with E-state index in [1.807, 2.05) is 31.2 Å². The minimum absolute atomic E-state index is 0.170. The van der Waals surface area contributed by atoms with Crippen molar-refractivity contribution >= 4 is 17.9 Å². The number of hydrogen-bond donors (Lipinski definition) is 1. The van der Waals surface area contributed by atoms with Crippen LogP contribution < -0.4 is 15.2 Å². The second kappa shape index (κ2) is 11.0. The van der Waals surface area contributed by atoms with Crippen LogP contribution in [0, 0.1) is 0 Å². The standard InChI is InChI=1S/C24H30N2O4/c1-5-7-18-10-12-19(13-11-18)17(2)26(16-22(25)27)23(28)15-14-20-8-6-9-21(29-3)24(20)30-4/h6,8-15,17H,5,7,16H2,1-4H3,(H2,25,27)/b15-14-/t17-/m1/s1. The topological polar surface area (TPSA) is 81.9 Å². The van der Waals surface area contributed by atoms with Crippen molar-refractivity contribution in [1.82, 2.24) is 4.90 Å². The van der Waals surface area contributed by atoms with E-state index in [4.69, 9.17) is 15.2 Å². The van der Waals surface area contributed by atoms with Crippen LogP contribution in [0.5, 0.6) is 11.5 Å². The van der Waals surface area contributed by atoms with Gasteiger partial charge in [-0.15, -0.1) is 0 Å². The number of ether oxygens (including phenoxy) is 2. The van der Waals surface area contributed by atoms with E-state index in [0.29, 0.717) is 17.1 Å². The summed E-state index contributed by atoms with van der Waals surface area (Å²) in [6.07, 6.45) is 5.14. The minimum atomic E-state index is -0.565. The summed E-state index contributed by atoms with van der Waals surface area (Å²) in [7, 11) is 3.10. The van der Waals surface area contributed by atoms with E-state index >= 15 is 0 Å². The fraction of sp³-hybridized carbons (Fsp3) is 0.333. The molecule has 0 bridgehead atoms. The summed E-state index contributed by atoms with van der Waals surface area (Å²) in [5.74, 6) is 0.223. The zero-order valence-electron chi connectivity index (χ0n) is 18.1. The molecule has 2 aromatic carbocycles. The van der Waals surface area contributed by atoms with Crippen molar-refractivity contribution < 1.29 is 19.1 Å². The highest BCUT2D eigenvalue weighted by Crippen LogP contribution is 2.31. The molecule has 0 saturated heterocycles. The molecule has 0 unspecified atom stereocenters. The molecular formula is C24H30N2O4. The number of carbonyl (C=O) groups is 2. The van der Waals surface area contributed by atoms with Gasteiger partial charge in [-0.1, -0.05) is 49.7 Å². The number of aryl methyl sites for hydroxylation is 1. The van der Waals surface area contributed by atoms with Crippen molar-refractivity contribution in [2.75, 3.05) is 20.8 Å². The van der Waals surface area contributed by atoms with Gasteiger partial charge in [0.1, 0.15) is 6.54 Å². The zero-order chi connectivity index (χ0) is 22.1. The van der Waals surface area contributed by atoms with Gasteiger partial charge >= 0.3 is 0 Å². The van der Waals surface area contributed by atoms with E-state index in [1.54, 1.807) is 26.4 Å². The lowest BCUT2D eigenvalue weighted by Crippen LogP contribution is -2.39. The van der Waals surface area contributed by atoms with E-state index in [-0.39, 0.29) is 18.5 Å². The summed E-state index contributed by atoms with van der Waals surface area (Å²) in [6.45, 7) is 3.85. The molecule has 2 rings (SSSR count). The van der Waals surface area contributed by atoms with Crippen LogP contribution in [-0.4, -0.2) is 37.5 Å². The fourth-order valence-electron chi connectivity index (χ4n) is 3.31. The number of nitrogens with zero attached hydrogens (tertiary/aromatic N) is 1. The van der Waals surface area contributed by atoms with E-state index in [2.05, 4.69) is 19.1 Å². The smallest absolute Gasteiger partial charge is 0.247 e. The minimum Gasteiger partial charge on any atom is -0.493 e. The Hall–Kier alpha value is -3.28. The predicted molar refractivity (Wildman–Crippen MR) is 118 cm³/mol. The summed E-state index contributed by atoms with van der Waals surface area (Å²) in [5.41, 5.74) is 8.29. The Labute approximate surface area is 178 Å². The Morgan fingerprint density at radius 1 is 1.10 bits per heavy atom. The highest BCUT2D eigenvalue weighted by Gasteiger charge is 2.22. The van der Waals surface area contributed by atoms with Crippen molar-refractivity contribution in [2.24, 2.45) is 5.73 Å². The monoisotopic (exact) mass is 410 g/mol. The molecule has 0 spiro atoms. The number of amides is 2. The number of nitrogens with two attached hydrogens (primary N) is 1. The lowest BCUT2D eigenvalue weighted by molar-refractivity contribution is -0.133. The molecule has 0 heterocycles. The Balaban J connectivity index is 2.27. The van der Waals surface area contributed by atoms with Crippen molar-refractivity contribution in [2.45, 2.75) is 32.7 Å². The van der Waals surface area contributed by atoms with Gasteiger partial charge in [-0.2, -0.15) is 0 Å². The quantitative estimate of drug-likeness (QED) is 0.605. The van der Waals surface area contributed by atoms with Crippen LogP contribution in [-0.2, 0) is 16.0 Å². The number of para-hydroxylation sites is 1. The number of rotatable bonds is 10. The summed E-state index contributed by atoms with van der Waals surface area (Å²) in [6, 6.07) is 13.2. The van der Waals surface area contributed by atoms with Crippen LogP contribution in [0.25, 0.3) is 6.08 Å². The second-order valence-electron chi connectivity index (χ2n) is 7.02. The van der Waals surface area contributed by atoms with E-state index in [1.165, 1.54) is 16.5 Å². The normalized spacial score (nSPS) is 11.9. The fourth-order valence-corrected chi connectivity index (χ4v) is 3.31. The van der Waals surface area contributed by atoms with Crippen molar-refractivity contribution in [1.29, 1.82) is 0 Å². The molecule has 2 amide bonds. The van der Waals surface area contributed by atoms with Gasteiger partial charge in [-0.3, -0.25) is 9.59 Å². The molecular weight excluding hydrogens is 380 g/mol. The Morgan fingerprint density at radius 3 is 2.37 bits per heavy atom. The SMILES string of the molecule is CCCc1ccc([C@@H](C)N(CC(N)=O)C(=O)/C=C\c2cccc(OC)c2OC)cc1. The molecule has 0 aliphatic carbocycles. The van der Waals surface area contributed by atoms with Gasteiger partial charge in [0, 0.05) is 11.6 Å². The first-order chi connectivity index (χ1) is 14.4. The summed E-state index contributed by atoms with van der Waals surface area (Å²) >= 11 is 0. The molecule has 1 atom stereocenters. The number of hydrogen-bond acceptors (Lipinski definition) is 4. The molecule has 160 valence electrons. The predicted octanol–water partition coefficient (Wildman–Crippen LogP) is 3.74. The molecule has 2 N–H and O–H groups in total. The highest BCUT2D eigenvalue weighted by atomic mass is 16.5. The van der Waals surface area contributed by atoms with E-state index in [0.717, 1.165) is 18.4 Å². The summed E-state index contributed by atoms with van der Waals surface area (Å²) in [4.78, 5) is 26.0. The Kier molecular flexibility index (Phi) is 8.47. The number of methoxy groups -OCH3 is 2. The maximum Gasteiger partial charge on any atom is 0.247 e. The number of primary amides is 1. The summed E-state index contributed by atoms with van der Waals surface area (Å²) < 4.78 is 10.7. The first-order valence-corrected chi connectivity index (χ1v) is 9.98.